The monoisotopic (exact) mass is 491 g/mol. The summed E-state index contributed by atoms with van der Waals surface area (Å²) in [6.07, 6.45) is 10.6. The molecule has 2 fully saturated rings. The van der Waals surface area contributed by atoms with Crippen LogP contribution in [0, 0.1) is 5.41 Å². The lowest BCUT2D eigenvalue weighted by molar-refractivity contribution is 0.131. The maximum atomic E-state index is 9.42. The molecule has 1 saturated heterocycles. The van der Waals surface area contributed by atoms with E-state index in [1.807, 2.05) is 12.1 Å². The molecule has 7 heteroatoms. The first-order chi connectivity index (χ1) is 12.8. The first-order valence-electron chi connectivity index (χ1n) is 10.1. The fourth-order valence-electron chi connectivity index (χ4n) is 3.89. The second-order valence-electron chi connectivity index (χ2n) is 7.68. The Balaban J connectivity index is 0.00000261. The van der Waals surface area contributed by atoms with Gasteiger partial charge in [0.15, 0.2) is 5.96 Å². The normalized spacial score (nSPS) is 23.8. The van der Waals surface area contributed by atoms with Crippen molar-refractivity contribution < 1.29 is 14.3 Å². The first kappa shape index (κ1) is 22.5. The van der Waals surface area contributed by atoms with Gasteiger partial charge < -0.3 is 24.9 Å². The van der Waals surface area contributed by atoms with Crippen LogP contribution in [0.4, 0.5) is 0 Å². The number of rotatable bonds is 8. The average molecular weight is 491 g/mol. The predicted octanol–water partition coefficient (Wildman–Crippen LogP) is 3.10. The predicted molar refractivity (Wildman–Crippen MR) is 118 cm³/mol. The molecule has 27 heavy (non-hydrogen) atoms. The molecule has 1 aliphatic heterocycles. The molecule has 3 rings (SSSR count). The van der Waals surface area contributed by atoms with E-state index in [1.165, 1.54) is 32.1 Å². The van der Waals surface area contributed by atoms with Gasteiger partial charge in [-0.3, -0.25) is 4.99 Å². The number of aliphatic hydroxyl groups excluding tert-OH is 1. The smallest absolute Gasteiger partial charge is 0.191 e. The number of nitrogens with one attached hydrogen (secondary N) is 2. The van der Waals surface area contributed by atoms with Gasteiger partial charge in [-0.15, -0.1) is 24.0 Å². The number of aliphatic imine (C=N–C) groups is 1. The zero-order chi connectivity index (χ0) is 18.1. The lowest BCUT2D eigenvalue weighted by Crippen LogP contribution is -2.45. The fraction of sp³-hybridized carbons (Fsp3) is 0.750. The standard InChI is InChI=1S/C20H33N3O3.HI/c24-12-9-20(10-14-25-16-20)15-22-19(23-17-5-2-1-3-6-17)21-11-8-18-7-4-13-26-18;/h4,7,13,17,24H,1-3,5-6,8-12,14-16H2,(H2,21,22,23);1H. The van der Waals surface area contributed by atoms with Gasteiger partial charge in [0.2, 0.25) is 0 Å². The van der Waals surface area contributed by atoms with Crippen molar-refractivity contribution in [2.75, 3.05) is 32.9 Å². The van der Waals surface area contributed by atoms with Crippen LogP contribution in [0.2, 0.25) is 0 Å². The maximum absolute atomic E-state index is 9.42. The van der Waals surface area contributed by atoms with Crippen molar-refractivity contribution in [3.8, 4) is 0 Å². The van der Waals surface area contributed by atoms with Crippen molar-refractivity contribution >= 4 is 29.9 Å². The lowest BCUT2D eigenvalue weighted by atomic mass is 9.84. The minimum absolute atomic E-state index is 0. The summed E-state index contributed by atoms with van der Waals surface area (Å²) in [4.78, 5) is 4.88. The van der Waals surface area contributed by atoms with Gasteiger partial charge in [-0.2, -0.15) is 0 Å². The van der Waals surface area contributed by atoms with E-state index in [0.29, 0.717) is 19.2 Å². The molecular formula is C20H34IN3O3. The van der Waals surface area contributed by atoms with Crippen LogP contribution in [0.25, 0.3) is 0 Å². The summed E-state index contributed by atoms with van der Waals surface area (Å²) in [5, 5.41) is 16.5. The molecule has 0 amide bonds. The Morgan fingerprint density at radius 2 is 2.15 bits per heavy atom. The molecule has 1 unspecified atom stereocenters. The van der Waals surface area contributed by atoms with Crippen LogP contribution in [0.5, 0.6) is 0 Å². The quantitative estimate of drug-likeness (QED) is 0.296. The molecule has 3 N–H and O–H groups in total. The van der Waals surface area contributed by atoms with Gasteiger partial charge in [0.25, 0.3) is 0 Å². The third-order valence-corrected chi connectivity index (χ3v) is 5.59. The van der Waals surface area contributed by atoms with E-state index >= 15 is 0 Å². The third kappa shape index (κ3) is 7.27. The third-order valence-electron chi connectivity index (χ3n) is 5.59. The highest BCUT2D eigenvalue weighted by Gasteiger charge is 2.34. The molecule has 0 spiro atoms. The zero-order valence-corrected chi connectivity index (χ0v) is 18.5. The molecular weight excluding hydrogens is 457 g/mol. The lowest BCUT2D eigenvalue weighted by Gasteiger charge is -2.27. The SMILES string of the molecule is I.OCCC1(CN=C(NCCc2ccco2)NC2CCCCC2)CCOC1. The van der Waals surface area contributed by atoms with Gasteiger partial charge in [-0.1, -0.05) is 19.3 Å². The number of guanidine groups is 1. The molecule has 154 valence electrons. The topological polar surface area (TPSA) is 79.0 Å². The number of ether oxygens (including phenoxy) is 1. The highest BCUT2D eigenvalue weighted by Crippen LogP contribution is 2.32. The van der Waals surface area contributed by atoms with Gasteiger partial charge in [0.1, 0.15) is 5.76 Å². The molecule has 1 aromatic heterocycles. The van der Waals surface area contributed by atoms with Crippen LogP contribution in [0.1, 0.15) is 50.7 Å². The molecule has 6 nitrogen and oxygen atoms in total. The van der Waals surface area contributed by atoms with E-state index in [4.69, 9.17) is 14.1 Å². The molecule has 2 heterocycles. The minimum Gasteiger partial charge on any atom is -0.469 e. The number of hydrogen-bond donors (Lipinski definition) is 3. The summed E-state index contributed by atoms with van der Waals surface area (Å²) < 4.78 is 11.0. The second-order valence-corrected chi connectivity index (χ2v) is 7.68. The number of hydrogen-bond acceptors (Lipinski definition) is 4. The Morgan fingerprint density at radius 1 is 1.30 bits per heavy atom. The van der Waals surface area contributed by atoms with E-state index in [-0.39, 0.29) is 36.0 Å². The van der Waals surface area contributed by atoms with Gasteiger partial charge >= 0.3 is 0 Å². The van der Waals surface area contributed by atoms with E-state index in [0.717, 1.165) is 44.1 Å². The second kappa shape index (κ2) is 11.9. The van der Waals surface area contributed by atoms with Crippen molar-refractivity contribution in [1.29, 1.82) is 0 Å². The maximum Gasteiger partial charge on any atom is 0.191 e. The summed E-state index contributed by atoms with van der Waals surface area (Å²) in [5.41, 5.74) is -0.0169. The Bertz CT molecular complexity index is 539. The Morgan fingerprint density at radius 3 is 2.81 bits per heavy atom. The van der Waals surface area contributed by atoms with Gasteiger partial charge in [-0.05, 0) is 37.8 Å². The van der Waals surface area contributed by atoms with Crippen LogP contribution in [0.3, 0.4) is 0 Å². The molecule has 2 aliphatic rings. The molecule has 1 aromatic rings. The Kier molecular flexibility index (Phi) is 9.92. The molecule has 1 aliphatic carbocycles. The molecule has 0 radical (unpaired) electrons. The number of halogens is 1. The summed E-state index contributed by atoms with van der Waals surface area (Å²) >= 11 is 0. The Hall–Kier alpha value is -0.800. The van der Waals surface area contributed by atoms with Crippen molar-refractivity contribution in [3.63, 3.8) is 0 Å². The van der Waals surface area contributed by atoms with Crippen LogP contribution < -0.4 is 10.6 Å². The molecule has 1 saturated carbocycles. The molecule has 0 bridgehead atoms. The highest BCUT2D eigenvalue weighted by molar-refractivity contribution is 14.0. The summed E-state index contributed by atoms with van der Waals surface area (Å²) in [7, 11) is 0. The largest absolute Gasteiger partial charge is 0.469 e. The van der Waals surface area contributed by atoms with E-state index < -0.39 is 0 Å². The fourth-order valence-corrected chi connectivity index (χ4v) is 3.89. The number of furan rings is 1. The average Bonchev–Trinajstić information content (AvgIpc) is 3.33. The Labute approximate surface area is 179 Å². The molecule has 1 atom stereocenters. The van der Waals surface area contributed by atoms with Gasteiger partial charge in [0, 0.05) is 37.6 Å². The van der Waals surface area contributed by atoms with Crippen LogP contribution in [0.15, 0.2) is 27.8 Å². The van der Waals surface area contributed by atoms with E-state index in [9.17, 15) is 5.11 Å². The first-order valence-corrected chi connectivity index (χ1v) is 10.1. The van der Waals surface area contributed by atoms with Crippen LogP contribution in [-0.2, 0) is 11.2 Å². The van der Waals surface area contributed by atoms with Crippen LogP contribution in [-0.4, -0.2) is 50.0 Å². The van der Waals surface area contributed by atoms with Crippen molar-refractivity contribution in [2.45, 2.75) is 57.4 Å². The van der Waals surface area contributed by atoms with Crippen molar-refractivity contribution in [2.24, 2.45) is 10.4 Å². The zero-order valence-electron chi connectivity index (χ0n) is 16.1. The summed E-state index contributed by atoms with van der Waals surface area (Å²) in [6, 6.07) is 4.43. The molecule has 0 aromatic carbocycles. The van der Waals surface area contributed by atoms with Crippen molar-refractivity contribution in [3.05, 3.63) is 24.2 Å². The number of aliphatic hydroxyl groups is 1. The number of nitrogens with zero attached hydrogens (tertiary/aromatic N) is 1. The van der Waals surface area contributed by atoms with Gasteiger partial charge in [-0.25, -0.2) is 0 Å². The van der Waals surface area contributed by atoms with E-state index in [1.54, 1.807) is 6.26 Å². The highest BCUT2D eigenvalue weighted by atomic mass is 127. The van der Waals surface area contributed by atoms with E-state index in [2.05, 4.69) is 10.6 Å². The van der Waals surface area contributed by atoms with Gasteiger partial charge in [0.05, 0.1) is 19.4 Å². The minimum atomic E-state index is -0.0169. The van der Waals surface area contributed by atoms with Crippen LogP contribution >= 0.6 is 24.0 Å². The summed E-state index contributed by atoms with van der Waals surface area (Å²) in [5.74, 6) is 1.86. The van der Waals surface area contributed by atoms with Crippen molar-refractivity contribution in [1.82, 2.24) is 10.6 Å². The summed E-state index contributed by atoms with van der Waals surface area (Å²) in [6.45, 7) is 3.13.